The molecule has 1 N–H and O–H groups in total. The van der Waals surface area contributed by atoms with Crippen molar-refractivity contribution < 1.29 is 9.59 Å². The minimum Gasteiger partial charge on any atom is -0.352 e. The molecule has 1 atom stereocenters. The zero-order valence-electron chi connectivity index (χ0n) is 13.2. The number of nitriles is 1. The molecule has 0 bridgehead atoms. The van der Waals surface area contributed by atoms with Crippen LogP contribution in [0, 0.1) is 31.1 Å². The summed E-state index contributed by atoms with van der Waals surface area (Å²) in [6.07, 6.45) is 5.24. The first-order valence-electron chi connectivity index (χ1n) is 7.84. The highest BCUT2D eigenvalue weighted by Crippen LogP contribution is 2.19. The number of hydrogen-bond acceptors (Lipinski definition) is 3. The largest absolute Gasteiger partial charge is 0.352 e. The lowest BCUT2D eigenvalue weighted by molar-refractivity contribution is -0.123. The van der Waals surface area contributed by atoms with Crippen molar-refractivity contribution in [1.82, 2.24) is 5.32 Å². The van der Waals surface area contributed by atoms with Crippen LogP contribution in [0.15, 0.2) is 18.2 Å². The summed E-state index contributed by atoms with van der Waals surface area (Å²) >= 11 is 0. The normalized spacial score (nSPS) is 16.6. The van der Waals surface area contributed by atoms with E-state index < -0.39 is 17.6 Å². The van der Waals surface area contributed by atoms with Crippen LogP contribution in [0.5, 0.6) is 0 Å². The predicted octanol–water partition coefficient (Wildman–Crippen LogP) is 3.07. The third-order valence-electron chi connectivity index (χ3n) is 4.25. The minimum absolute atomic E-state index is 0.101. The summed E-state index contributed by atoms with van der Waals surface area (Å²) in [6.45, 7) is 3.77. The lowest BCUT2D eigenvalue weighted by Crippen LogP contribution is -2.42. The molecule has 1 fully saturated rings. The van der Waals surface area contributed by atoms with Gasteiger partial charge in [-0.3, -0.25) is 9.59 Å². The van der Waals surface area contributed by atoms with Gasteiger partial charge in [-0.05, 0) is 32.3 Å². The quantitative estimate of drug-likeness (QED) is 0.686. The van der Waals surface area contributed by atoms with Crippen LogP contribution in [-0.2, 0) is 4.79 Å². The summed E-state index contributed by atoms with van der Waals surface area (Å²) in [5.74, 6) is -2.13. The Hall–Kier alpha value is -2.15. The Kier molecular flexibility index (Phi) is 5.32. The molecule has 0 aliphatic heterocycles. The molecule has 0 saturated heterocycles. The zero-order valence-corrected chi connectivity index (χ0v) is 13.2. The topological polar surface area (TPSA) is 70.0 Å². The van der Waals surface area contributed by atoms with Crippen molar-refractivity contribution in [2.75, 3.05) is 0 Å². The number of nitrogens with zero attached hydrogens (tertiary/aromatic N) is 1. The summed E-state index contributed by atoms with van der Waals surface area (Å²) in [5, 5.41) is 12.1. The fraction of sp³-hybridized carbons (Fsp3) is 0.500. The highest BCUT2D eigenvalue weighted by molar-refractivity contribution is 6.12. The maximum absolute atomic E-state index is 12.5. The molecule has 0 unspecified atom stereocenters. The molecule has 1 aliphatic rings. The number of ketones is 1. The predicted molar refractivity (Wildman–Crippen MR) is 84.4 cm³/mol. The van der Waals surface area contributed by atoms with E-state index in [1.807, 2.05) is 32.0 Å². The van der Waals surface area contributed by atoms with E-state index in [1.165, 1.54) is 6.42 Å². The highest BCUT2D eigenvalue weighted by Gasteiger charge is 2.30. The smallest absolute Gasteiger partial charge is 0.245 e. The third-order valence-corrected chi connectivity index (χ3v) is 4.25. The zero-order chi connectivity index (χ0) is 16.1. The van der Waals surface area contributed by atoms with E-state index in [2.05, 4.69) is 5.32 Å². The van der Waals surface area contributed by atoms with Crippen molar-refractivity contribution in [1.29, 1.82) is 5.26 Å². The maximum atomic E-state index is 12.5. The number of hydrogen-bond donors (Lipinski definition) is 1. The van der Waals surface area contributed by atoms with Gasteiger partial charge in [0.05, 0.1) is 6.07 Å². The summed E-state index contributed by atoms with van der Waals surface area (Å²) in [4.78, 5) is 24.8. The van der Waals surface area contributed by atoms with Crippen molar-refractivity contribution in [2.45, 2.75) is 52.0 Å². The number of amides is 1. The molecule has 1 amide bonds. The van der Waals surface area contributed by atoms with Gasteiger partial charge in [-0.15, -0.1) is 0 Å². The number of carbonyl (C=O) groups is 2. The number of rotatable bonds is 4. The Morgan fingerprint density at radius 2 is 1.91 bits per heavy atom. The van der Waals surface area contributed by atoms with Crippen LogP contribution in [0.3, 0.4) is 0 Å². The van der Waals surface area contributed by atoms with Gasteiger partial charge in [-0.1, -0.05) is 43.0 Å². The van der Waals surface area contributed by atoms with Crippen molar-refractivity contribution in [3.63, 3.8) is 0 Å². The molecule has 1 aliphatic carbocycles. The van der Waals surface area contributed by atoms with Gasteiger partial charge < -0.3 is 5.32 Å². The fourth-order valence-corrected chi connectivity index (χ4v) is 3.01. The van der Waals surface area contributed by atoms with Crippen LogP contribution < -0.4 is 5.32 Å². The second-order valence-corrected chi connectivity index (χ2v) is 6.09. The van der Waals surface area contributed by atoms with Crippen molar-refractivity contribution in [3.05, 3.63) is 34.9 Å². The number of nitrogens with one attached hydrogen (secondary N) is 1. The van der Waals surface area contributed by atoms with E-state index in [9.17, 15) is 14.9 Å². The first-order valence-corrected chi connectivity index (χ1v) is 7.84. The van der Waals surface area contributed by atoms with E-state index >= 15 is 0 Å². The van der Waals surface area contributed by atoms with Gasteiger partial charge in [-0.2, -0.15) is 5.26 Å². The lowest BCUT2D eigenvalue weighted by Gasteiger charge is -2.23. The average molecular weight is 298 g/mol. The van der Waals surface area contributed by atoms with Crippen molar-refractivity contribution >= 4 is 11.7 Å². The van der Waals surface area contributed by atoms with Crippen molar-refractivity contribution in [2.24, 2.45) is 5.92 Å². The summed E-state index contributed by atoms with van der Waals surface area (Å²) in [5.41, 5.74) is 2.31. The molecule has 0 aromatic heterocycles. The summed E-state index contributed by atoms with van der Waals surface area (Å²) < 4.78 is 0. The third kappa shape index (κ3) is 3.73. The molecule has 4 nitrogen and oxygen atoms in total. The van der Waals surface area contributed by atoms with E-state index in [0.29, 0.717) is 5.56 Å². The lowest BCUT2D eigenvalue weighted by atomic mass is 9.92. The first kappa shape index (κ1) is 16.2. The maximum Gasteiger partial charge on any atom is 0.245 e. The summed E-state index contributed by atoms with van der Waals surface area (Å²) in [7, 11) is 0. The number of benzene rings is 1. The number of Topliss-reactive ketones (excluding diaryl/α,β-unsaturated/α-hetero) is 1. The monoisotopic (exact) mass is 298 g/mol. The molecular weight excluding hydrogens is 276 g/mol. The molecule has 2 rings (SSSR count). The molecule has 4 heteroatoms. The summed E-state index contributed by atoms with van der Waals surface area (Å²) in [6, 6.07) is 7.39. The molecule has 22 heavy (non-hydrogen) atoms. The van der Waals surface area contributed by atoms with Crippen LogP contribution in [0.1, 0.15) is 53.6 Å². The first-order chi connectivity index (χ1) is 10.5. The second kappa shape index (κ2) is 7.22. The van der Waals surface area contributed by atoms with Gasteiger partial charge in [0.2, 0.25) is 5.91 Å². The molecule has 0 radical (unpaired) electrons. The Balaban J connectivity index is 2.11. The molecule has 1 aromatic carbocycles. The molecule has 0 heterocycles. The van der Waals surface area contributed by atoms with E-state index in [-0.39, 0.29) is 6.04 Å². The standard InChI is InChI=1S/C18H22N2O2/c1-12-8-9-15(13(2)10-12)17(21)16(11-19)18(22)20-14-6-4-3-5-7-14/h8-10,14,16H,3-7H2,1-2H3,(H,20,22)/t16-/m1/s1. The molecular formula is C18H22N2O2. The van der Waals surface area contributed by atoms with Crippen LogP contribution in [0.25, 0.3) is 0 Å². The minimum atomic E-state index is -1.26. The van der Waals surface area contributed by atoms with E-state index in [1.54, 1.807) is 6.07 Å². The van der Waals surface area contributed by atoms with E-state index in [4.69, 9.17) is 0 Å². The van der Waals surface area contributed by atoms with E-state index in [0.717, 1.165) is 36.8 Å². The fourth-order valence-electron chi connectivity index (χ4n) is 3.01. The molecule has 116 valence electrons. The van der Waals surface area contributed by atoms with Gasteiger partial charge in [0, 0.05) is 11.6 Å². The van der Waals surface area contributed by atoms with Crippen LogP contribution in [0.4, 0.5) is 0 Å². The Labute approximate surface area is 131 Å². The van der Waals surface area contributed by atoms with Gasteiger partial charge in [0.1, 0.15) is 0 Å². The van der Waals surface area contributed by atoms with Crippen molar-refractivity contribution in [3.8, 4) is 6.07 Å². The molecule has 1 saturated carbocycles. The average Bonchev–Trinajstić information content (AvgIpc) is 2.48. The van der Waals surface area contributed by atoms with Gasteiger partial charge >= 0.3 is 0 Å². The van der Waals surface area contributed by atoms with Crippen LogP contribution in [-0.4, -0.2) is 17.7 Å². The van der Waals surface area contributed by atoms with Gasteiger partial charge in [0.15, 0.2) is 11.7 Å². The molecule has 0 spiro atoms. The Morgan fingerprint density at radius 3 is 2.50 bits per heavy atom. The van der Waals surface area contributed by atoms with Gasteiger partial charge in [0.25, 0.3) is 0 Å². The second-order valence-electron chi connectivity index (χ2n) is 6.09. The van der Waals surface area contributed by atoms with Crippen LogP contribution >= 0.6 is 0 Å². The van der Waals surface area contributed by atoms with Crippen LogP contribution in [0.2, 0.25) is 0 Å². The Morgan fingerprint density at radius 1 is 1.23 bits per heavy atom. The molecule has 1 aromatic rings. The highest BCUT2D eigenvalue weighted by atomic mass is 16.2. The SMILES string of the molecule is Cc1ccc(C(=O)[C@@H](C#N)C(=O)NC2CCCCC2)c(C)c1. The number of aryl methyl sites for hydroxylation is 2. The Bertz CT molecular complexity index is 610. The number of carbonyl (C=O) groups excluding carboxylic acids is 2. The van der Waals surface area contributed by atoms with Gasteiger partial charge in [-0.25, -0.2) is 0 Å².